The Labute approximate surface area is 126 Å². The maximum Gasteiger partial charge on any atom is 0.152 e. The van der Waals surface area contributed by atoms with E-state index in [4.69, 9.17) is 0 Å². The van der Waals surface area contributed by atoms with Gasteiger partial charge in [-0.25, -0.2) is 8.42 Å². The van der Waals surface area contributed by atoms with Crippen LogP contribution in [-0.2, 0) is 9.84 Å². The molecule has 1 atom stereocenters. The van der Waals surface area contributed by atoms with Gasteiger partial charge in [0.1, 0.15) is 0 Å². The molecular weight excluding hydrogens is 282 g/mol. The van der Waals surface area contributed by atoms with E-state index < -0.39 is 9.84 Å². The van der Waals surface area contributed by atoms with E-state index in [2.05, 4.69) is 17.4 Å². The minimum absolute atomic E-state index is 0.0995. The van der Waals surface area contributed by atoms with E-state index in [9.17, 15) is 8.42 Å². The molecule has 4 heteroatoms. The van der Waals surface area contributed by atoms with Crippen LogP contribution in [0, 0.1) is 0 Å². The number of benzene rings is 2. The van der Waals surface area contributed by atoms with Crippen molar-refractivity contribution in [1.29, 1.82) is 0 Å². The Bertz CT molecular complexity index is 664. The summed E-state index contributed by atoms with van der Waals surface area (Å²) in [5.41, 5.74) is 3.26. The van der Waals surface area contributed by atoms with Crippen molar-refractivity contribution in [3.8, 4) is 11.1 Å². The van der Waals surface area contributed by atoms with Crippen molar-refractivity contribution in [2.75, 3.05) is 16.8 Å². The second-order valence-electron chi connectivity index (χ2n) is 5.19. The van der Waals surface area contributed by atoms with E-state index in [1.807, 2.05) is 49.4 Å². The van der Waals surface area contributed by atoms with Gasteiger partial charge in [-0.1, -0.05) is 49.4 Å². The third-order valence-electron chi connectivity index (χ3n) is 3.35. The molecule has 0 saturated heterocycles. The van der Waals surface area contributed by atoms with Gasteiger partial charge >= 0.3 is 0 Å². The Morgan fingerprint density at radius 3 is 2.10 bits per heavy atom. The number of hydrogen-bond acceptors (Lipinski definition) is 3. The topological polar surface area (TPSA) is 46.2 Å². The van der Waals surface area contributed by atoms with Gasteiger partial charge in [0.05, 0.1) is 5.75 Å². The molecular formula is C17H21NO2S. The van der Waals surface area contributed by atoms with Crippen molar-refractivity contribution in [1.82, 2.24) is 0 Å². The molecule has 0 radical (unpaired) electrons. The first-order valence-corrected chi connectivity index (χ1v) is 8.95. The van der Waals surface area contributed by atoms with Crippen molar-refractivity contribution in [2.45, 2.75) is 19.9 Å². The van der Waals surface area contributed by atoms with E-state index in [1.54, 1.807) is 6.92 Å². The zero-order chi connectivity index (χ0) is 15.3. The molecule has 0 bridgehead atoms. The van der Waals surface area contributed by atoms with Crippen LogP contribution in [0.15, 0.2) is 54.6 Å². The maximum absolute atomic E-state index is 11.6. The fourth-order valence-electron chi connectivity index (χ4n) is 2.21. The van der Waals surface area contributed by atoms with Gasteiger partial charge < -0.3 is 5.32 Å². The molecule has 2 aromatic carbocycles. The molecule has 2 rings (SSSR count). The summed E-state index contributed by atoms with van der Waals surface area (Å²) in [4.78, 5) is 0. The molecule has 2 aromatic rings. The molecule has 0 saturated carbocycles. The number of rotatable bonds is 6. The van der Waals surface area contributed by atoms with Crippen molar-refractivity contribution >= 4 is 15.5 Å². The molecule has 1 unspecified atom stereocenters. The van der Waals surface area contributed by atoms with Gasteiger partial charge in [0.15, 0.2) is 9.84 Å². The lowest BCUT2D eigenvalue weighted by atomic mass is 10.1. The number of sulfone groups is 1. The predicted molar refractivity (Wildman–Crippen MR) is 89.3 cm³/mol. The van der Waals surface area contributed by atoms with Crippen LogP contribution in [0.1, 0.15) is 13.8 Å². The normalized spacial score (nSPS) is 12.9. The summed E-state index contributed by atoms with van der Waals surface area (Å²) in [5.74, 6) is 0.343. The van der Waals surface area contributed by atoms with Crippen molar-refractivity contribution in [3.05, 3.63) is 54.6 Å². The van der Waals surface area contributed by atoms with Gasteiger partial charge in [-0.05, 0) is 30.2 Å². The Morgan fingerprint density at radius 1 is 0.952 bits per heavy atom. The monoisotopic (exact) mass is 303 g/mol. The lowest BCUT2D eigenvalue weighted by Crippen LogP contribution is -2.26. The Kier molecular flexibility index (Phi) is 5.02. The maximum atomic E-state index is 11.6. The van der Waals surface area contributed by atoms with Crippen LogP contribution in [0.4, 0.5) is 5.69 Å². The zero-order valence-corrected chi connectivity index (χ0v) is 13.2. The lowest BCUT2D eigenvalue weighted by molar-refractivity contribution is 0.593. The first kappa shape index (κ1) is 15.6. The highest BCUT2D eigenvalue weighted by molar-refractivity contribution is 7.91. The molecule has 0 aromatic heterocycles. The second-order valence-corrected chi connectivity index (χ2v) is 7.59. The fraction of sp³-hybridized carbons (Fsp3) is 0.294. The fourth-order valence-corrected chi connectivity index (χ4v) is 3.30. The molecule has 3 nitrogen and oxygen atoms in total. The number of hydrogen-bond donors (Lipinski definition) is 1. The highest BCUT2D eigenvalue weighted by Gasteiger charge is 2.13. The lowest BCUT2D eigenvalue weighted by Gasteiger charge is -2.15. The van der Waals surface area contributed by atoms with E-state index in [-0.39, 0.29) is 17.5 Å². The van der Waals surface area contributed by atoms with Crippen LogP contribution in [0.3, 0.4) is 0 Å². The van der Waals surface area contributed by atoms with Crippen molar-refractivity contribution < 1.29 is 8.42 Å². The molecule has 0 spiro atoms. The first-order valence-electron chi connectivity index (χ1n) is 7.12. The molecule has 0 aliphatic rings. The zero-order valence-electron chi connectivity index (χ0n) is 12.4. The van der Waals surface area contributed by atoms with Gasteiger partial charge in [0, 0.05) is 17.5 Å². The summed E-state index contributed by atoms with van der Waals surface area (Å²) in [5, 5.41) is 3.23. The average molecular weight is 303 g/mol. The molecule has 0 amide bonds. The Hall–Kier alpha value is -1.81. The molecule has 112 valence electrons. The summed E-state index contributed by atoms with van der Waals surface area (Å²) < 4.78 is 23.2. The Balaban J connectivity index is 2.03. The summed E-state index contributed by atoms with van der Waals surface area (Å²) in [6.07, 6.45) is 0. The van der Waals surface area contributed by atoms with E-state index in [0.29, 0.717) is 0 Å². The SMILES string of the molecule is CCS(=O)(=O)CC(C)Nc1ccc(-c2ccccc2)cc1. The van der Waals surface area contributed by atoms with Crippen LogP contribution in [0.25, 0.3) is 11.1 Å². The van der Waals surface area contributed by atoms with Crippen molar-refractivity contribution in [2.24, 2.45) is 0 Å². The standard InChI is InChI=1S/C17H21NO2S/c1-3-21(19,20)13-14(2)18-17-11-9-16(10-12-17)15-7-5-4-6-8-15/h4-12,14,18H,3,13H2,1-2H3. The summed E-state index contributed by atoms with van der Waals surface area (Å²) >= 11 is 0. The number of nitrogens with one attached hydrogen (secondary N) is 1. The highest BCUT2D eigenvalue weighted by atomic mass is 32.2. The van der Waals surface area contributed by atoms with Crippen molar-refractivity contribution in [3.63, 3.8) is 0 Å². The molecule has 0 fully saturated rings. The van der Waals surface area contributed by atoms with Gasteiger partial charge in [-0.15, -0.1) is 0 Å². The Morgan fingerprint density at radius 2 is 1.52 bits per heavy atom. The van der Waals surface area contributed by atoms with Gasteiger partial charge in [0.25, 0.3) is 0 Å². The smallest absolute Gasteiger partial charge is 0.152 e. The largest absolute Gasteiger partial charge is 0.382 e. The summed E-state index contributed by atoms with van der Waals surface area (Å²) in [6.45, 7) is 3.56. The van der Waals surface area contributed by atoms with Crippen LogP contribution in [-0.4, -0.2) is 26.0 Å². The van der Waals surface area contributed by atoms with Gasteiger partial charge in [-0.2, -0.15) is 0 Å². The summed E-state index contributed by atoms with van der Waals surface area (Å²) in [7, 11) is -2.95. The van der Waals surface area contributed by atoms with Crippen LogP contribution in [0.2, 0.25) is 0 Å². The molecule has 0 aliphatic heterocycles. The van der Waals surface area contributed by atoms with Crippen LogP contribution < -0.4 is 5.32 Å². The summed E-state index contributed by atoms with van der Waals surface area (Å²) in [6, 6.07) is 18.1. The van der Waals surface area contributed by atoms with Gasteiger partial charge in [-0.3, -0.25) is 0 Å². The molecule has 0 heterocycles. The second kappa shape index (κ2) is 6.76. The first-order chi connectivity index (χ1) is 10.00. The predicted octanol–water partition coefficient (Wildman–Crippen LogP) is 3.59. The van der Waals surface area contributed by atoms with Gasteiger partial charge in [0.2, 0.25) is 0 Å². The van der Waals surface area contributed by atoms with Crippen LogP contribution >= 0.6 is 0 Å². The third-order valence-corrected chi connectivity index (χ3v) is 5.24. The minimum atomic E-state index is -2.95. The highest BCUT2D eigenvalue weighted by Crippen LogP contribution is 2.21. The quantitative estimate of drug-likeness (QED) is 0.887. The average Bonchev–Trinajstić information content (AvgIpc) is 2.48. The minimum Gasteiger partial charge on any atom is -0.382 e. The third kappa shape index (κ3) is 4.60. The van der Waals surface area contributed by atoms with E-state index in [0.717, 1.165) is 11.3 Å². The van der Waals surface area contributed by atoms with Crippen LogP contribution in [0.5, 0.6) is 0 Å². The van der Waals surface area contributed by atoms with E-state index >= 15 is 0 Å². The molecule has 0 aliphatic carbocycles. The number of anilines is 1. The van der Waals surface area contributed by atoms with E-state index in [1.165, 1.54) is 5.56 Å². The molecule has 21 heavy (non-hydrogen) atoms. The molecule has 1 N–H and O–H groups in total.